The molecule has 1 aromatic rings. The molecule has 82 valence electrons. The average Bonchev–Trinajstić information content (AvgIpc) is 2.78. The summed E-state index contributed by atoms with van der Waals surface area (Å²) in [4.78, 5) is 2.44. The van der Waals surface area contributed by atoms with Crippen molar-refractivity contribution in [2.45, 2.75) is 19.8 Å². The van der Waals surface area contributed by atoms with Crippen molar-refractivity contribution >= 4 is 5.69 Å². The Hall–Kier alpha value is -1.02. The van der Waals surface area contributed by atoms with Crippen molar-refractivity contribution < 1.29 is 0 Å². The standard InChI is InChI=1S/C13H20N2/c1-2-11-3-5-13(6-4-11)15-8-7-12(9-14)10-15/h3-6,12H,2,7-10,14H2,1H3/t12-/m1/s1. The van der Waals surface area contributed by atoms with Crippen molar-refractivity contribution in [2.24, 2.45) is 11.7 Å². The molecule has 0 amide bonds. The third-order valence-corrected chi connectivity index (χ3v) is 3.33. The molecule has 2 rings (SSSR count). The fourth-order valence-corrected chi connectivity index (χ4v) is 2.20. The second-order valence-corrected chi connectivity index (χ2v) is 4.36. The molecule has 1 saturated heterocycles. The quantitative estimate of drug-likeness (QED) is 0.816. The van der Waals surface area contributed by atoms with E-state index in [9.17, 15) is 0 Å². The highest BCUT2D eigenvalue weighted by atomic mass is 15.2. The van der Waals surface area contributed by atoms with Gasteiger partial charge in [0.05, 0.1) is 0 Å². The van der Waals surface area contributed by atoms with E-state index in [1.165, 1.54) is 17.7 Å². The number of nitrogens with two attached hydrogens (primary N) is 1. The molecule has 0 radical (unpaired) electrons. The van der Waals surface area contributed by atoms with Gasteiger partial charge in [-0.2, -0.15) is 0 Å². The van der Waals surface area contributed by atoms with Gasteiger partial charge in [0.1, 0.15) is 0 Å². The summed E-state index contributed by atoms with van der Waals surface area (Å²) in [6, 6.07) is 8.92. The minimum absolute atomic E-state index is 0.691. The number of benzene rings is 1. The molecular formula is C13H20N2. The summed E-state index contributed by atoms with van der Waals surface area (Å²) in [5.41, 5.74) is 8.45. The van der Waals surface area contributed by atoms with Gasteiger partial charge in [-0.3, -0.25) is 0 Å². The topological polar surface area (TPSA) is 29.3 Å². The summed E-state index contributed by atoms with van der Waals surface area (Å²) in [5.74, 6) is 0.691. The monoisotopic (exact) mass is 204 g/mol. The van der Waals surface area contributed by atoms with Crippen LogP contribution in [0.4, 0.5) is 5.69 Å². The van der Waals surface area contributed by atoms with Gasteiger partial charge >= 0.3 is 0 Å². The van der Waals surface area contributed by atoms with Gasteiger partial charge in [-0.25, -0.2) is 0 Å². The summed E-state index contributed by atoms with van der Waals surface area (Å²) < 4.78 is 0. The highest BCUT2D eigenvalue weighted by Gasteiger charge is 2.20. The summed E-state index contributed by atoms with van der Waals surface area (Å²) >= 11 is 0. The van der Waals surface area contributed by atoms with Crippen LogP contribution in [-0.4, -0.2) is 19.6 Å². The number of anilines is 1. The molecule has 0 unspecified atom stereocenters. The van der Waals surface area contributed by atoms with Crippen LogP contribution >= 0.6 is 0 Å². The van der Waals surface area contributed by atoms with Crippen LogP contribution in [0.5, 0.6) is 0 Å². The fourth-order valence-electron chi connectivity index (χ4n) is 2.20. The molecule has 2 nitrogen and oxygen atoms in total. The second-order valence-electron chi connectivity index (χ2n) is 4.36. The van der Waals surface area contributed by atoms with Crippen molar-refractivity contribution in [1.29, 1.82) is 0 Å². The maximum Gasteiger partial charge on any atom is 0.0366 e. The lowest BCUT2D eigenvalue weighted by atomic mass is 10.1. The van der Waals surface area contributed by atoms with Gasteiger partial charge in [0, 0.05) is 18.8 Å². The molecule has 1 aliphatic rings. The molecule has 0 aromatic heterocycles. The number of aryl methyl sites for hydroxylation is 1. The van der Waals surface area contributed by atoms with E-state index in [1.54, 1.807) is 0 Å². The van der Waals surface area contributed by atoms with Crippen LogP contribution in [-0.2, 0) is 6.42 Å². The van der Waals surface area contributed by atoms with Crippen molar-refractivity contribution in [1.82, 2.24) is 0 Å². The Balaban J connectivity index is 2.04. The first-order chi connectivity index (χ1) is 7.33. The predicted octanol–water partition coefficient (Wildman–Crippen LogP) is 2.03. The Morgan fingerprint density at radius 1 is 1.33 bits per heavy atom. The van der Waals surface area contributed by atoms with Crippen molar-refractivity contribution in [3.8, 4) is 0 Å². The van der Waals surface area contributed by atoms with E-state index >= 15 is 0 Å². The summed E-state index contributed by atoms with van der Waals surface area (Å²) in [6.45, 7) is 5.30. The van der Waals surface area contributed by atoms with Gasteiger partial charge in [0.2, 0.25) is 0 Å². The summed E-state index contributed by atoms with van der Waals surface area (Å²) in [5, 5.41) is 0. The zero-order valence-corrected chi connectivity index (χ0v) is 9.45. The van der Waals surface area contributed by atoms with E-state index in [1.807, 2.05) is 0 Å². The van der Waals surface area contributed by atoms with Crippen LogP contribution in [0.25, 0.3) is 0 Å². The van der Waals surface area contributed by atoms with Crippen molar-refractivity contribution in [3.05, 3.63) is 29.8 Å². The number of hydrogen-bond acceptors (Lipinski definition) is 2. The third-order valence-electron chi connectivity index (χ3n) is 3.33. The maximum absolute atomic E-state index is 5.69. The van der Waals surface area contributed by atoms with Gasteiger partial charge in [0.25, 0.3) is 0 Å². The van der Waals surface area contributed by atoms with Gasteiger partial charge in [-0.1, -0.05) is 19.1 Å². The zero-order chi connectivity index (χ0) is 10.7. The molecule has 0 spiro atoms. The molecule has 1 aromatic carbocycles. The first kappa shape index (κ1) is 10.5. The van der Waals surface area contributed by atoms with E-state index in [4.69, 9.17) is 5.73 Å². The zero-order valence-electron chi connectivity index (χ0n) is 9.45. The molecular weight excluding hydrogens is 184 g/mol. The molecule has 0 saturated carbocycles. The maximum atomic E-state index is 5.69. The molecule has 1 atom stereocenters. The molecule has 0 aliphatic carbocycles. The molecule has 0 bridgehead atoms. The number of hydrogen-bond donors (Lipinski definition) is 1. The molecule has 1 heterocycles. The highest BCUT2D eigenvalue weighted by Crippen LogP contribution is 2.23. The minimum atomic E-state index is 0.691. The number of rotatable bonds is 3. The first-order valence-corrected chi connectivity index (χ1v) is 5.87. The molecule has 1 aliphatic heterocycles. The Bertz CT molecular complexity index is 305. The average molecular weight is 204 g/mol. The van der Waals surface area contributed by atoms with E-state index in [2.05, 4.69) is 36.1 Å². The highest BCUT2D eigenvalue weighted by molar-refractivity contribution is 5.48. The van der Waals surface area contributed by atoms with Gasteiger partial charge in [-0.05, 0) is 43.0 Å². The number of nitrogens with zero attached hydrogens (tertiary/aromatic N) is 1. The van der Waals surface area contributed by atoms with Crippen molar-refractivity contribution in [3.63, 3.8) is 0 Å². The van der Waals surface area contributed by atoms with Gasteiger partial charge < -0.3 is 10.6 Å². The van der Waals surface area contributed by atoms with Crippen LogP contribution in [0.3, 0.4) is 0 Å². The normalized spacial score (nSPS) is 20.9. The lowest BCUT2D eigenvalue weighted by Gasteiger charge is -2.18. The Morgan fingerprint density at radius 2 is 2.07 bits per heavy atom. The van der Waals surface area contributed by atoms with E-state index in [0.717, 1.165) is 26.1 Å². The second kappa shape index (κ2) is 4.67. The van der Waals surface area contributed by atoms with E-state index < -0.39 is 0 Å². The van der Waals surface area contributed by atoms with Crippen LogP contribution in [0.15, 0.2) is 24.3 Å². The third kappa shape index (κ3) is 2.32. The largest absolute Gasteiger partial charge is 0.371 e. The molecule has 15 heavy (non-hydrogen) atoms. The lowest BCUT2D eigenvalue weighted by molar-refractivity contribution is 0.602. The first-order valence-electron chi connectivity index (χ1n) is 5.87. The Kier molecular flexibility index (Phi) is 3.27. The Labute approximate surface area is 92.1 Å². The fraction of sp³-hybridized carbons (Fsp3) is 0.538. The summed E-state index contributed by atoms with van der Waals surface area (Å²) in [6.07, 6.45) is 2.36. The van der Waals surface area contributed by atoms with E-state index in [-0.39, 0.29) is 0 Å². The lowest BCUT2D eigenvalue weighted by Crippen LogP contribution is -2.22. The van der Waals surface area contributed by atoms with Gasteiger partial charge in [0.15, 0.2) is 0 Å². The van der Waals surface area contributed by atoms with Crippen molar-refractivity contribution in [2.75, 3.05) is 24.5 Å². The van der Waals surface area contributed by atoms with Crippen LogP contribution in [0.1, 0.15) is 18.9 Å². The predicted molar refractivity (Wildman–Crippen MR) is 65.2 cm³/mol. The molecule has 1 fully saturated rings. The smallest absolute Gasteiger partial charge is 0.0366 e. The Morgan fingerprint density at radius 3 is 2.60 bits per heavy atom. The van der Waals surface area contributed by atoms with E-state index in [0.29, 0.717) is 5.92 Å². The SMILES string of the molecule is CCc1ccc(N2CC[C@H](CN)C2)cc1. The molecule has 2 N–H and O–H groups in total. The van der Waals surface area contributed by atoms with Crippen LogP contribution in [0.2, 0.25) is 0 Å². The summed E-state index contributed by atoms with van der Waals surface area (Å²) in [7, 11) is 0. The van der Waals surface area contributed by atoms with Crippen LogP contribution in [0, 0.1) is 5.92 Å². The molecule has 2 heteroatoms. The van der Waals surface area contributed by atoms with Crippen LogP contribution < -0.4 is 10.6 Å². The van der Waals surface area contributed by atoms with Gasteiger partial charge in [-0.15, -0.1) is 0 Å². The minimum Gasteiger partial charge on any atom is -0.371 e.